The lowest BCUT2D eigenvalue weighted by molar-refractivity contribution is 0.633. The van der Waals surface area contributed by atoms with E-state index in [1.165, 1.54) is 48.1 Å². The molecule has 1 aromatic heterocycles. The molecule has 2 aromatic rings. The van der Waals surface area contributed by atoms with Gasteiger partial charge in [-0.2, -0.15) is 0 Å². The van der Waals surface area contributed by atoms with Crippen molar-refractivity contribution in [2.45, 2.75) is 44.4 Å². The molecular formula is C18H21N3. The van der Waals surface area contributed by atoms with E-state index in [0.717, 1.165) is 25.2 Å². The maximum Gasteiger partial charge on any atom is 0.132 e. The van der Waals surface area contributed by atoms with Crippen molar-refractivity contribution < 1.29 is 0 Å². The first kappa shape index (κ1) is 12.8. The summed E-state index contributed by atoms with van der Waals surface area (Å²) in [5, 5.41) is 3.59. The predicted octanol–water partition coefficient (Wildman–Crippen LogP) is 3.50. The van der Waals surface area contributed by atoms with Crippen molar-refractivity contribution >= 4 is 5.82 Å². The van der Waals surface area contributed by atoms with E-state index in [1.54, 1.807) is 6.33 Å². The Kier molecular flexibility index (Phi) is 3.34. The normalized spacial score (nSPS) is 19.9. The molecule has 4 rings (SSSR count). The molecule has 0 amide bonds. The first-order chi connectivity index (χ1) is 10.4. The molecule has 3 heteroatoms. The summed E-state index contributed by atoms with van der Waals surface area (Å²) >= 11 is 0. The van der Waals surface area contributed by atoms with Gasteiger partial charge in [-0.05, 0) is 43.2 Å². The smallest absolute Gasteiger partial charge is 0.132 e. The highest BCUT2D eigenvalue weighted by Crippen LogP contribution is 2.35. The number of hydrogen-bond acceptors (Lipinski definition) is 3. The molecule has 1 heterocycles. The van der Waals surface area contributed by atoms with Crippen LogP contribution in [0.1, 0.15) is 47.6 Å². The molecule has 0 bridgehead atoms. The third-order valence-electron chi connectivity index (χ3n) is 4.85. The zero-order valence-corrected chi connectivity index (χ0v) is 12.3. The largest absolute Gasteiger partial charge is 0.369 e. The van der Waals surface area contributed by atoms with Crippen molar-refractivity contribution in [3.8, 4) is 0 Å². The minimum atomic E-state index is 0.637. The summed E-state index contributed by atoms with van der Waals surface area (Å²) in [6, 6.07) is 8.77. The Morgan fingerprint density at radius 1 is 1.05 bits per heavy atom. The lowest BCUT2D eigenvalue weighted by Crippen LogP contribution is -2.25. The van der Waals surface area contributed by atoms with Gasteiger partial charge in [0.05, 0.1) is 0 Å². The minimum absolute atomic E-state index is 0.637. The number of nitrogens with one attached hydrogen (secondary N) is 1. The molecule has 0 saturated carbocycles. The van der Waals surface area contributed by atoms with E-state index in [4.69, 9.17) is 0 Å². The van der Waals surface area contributed by atoms with Crippen LogP contribution in [-0.2, 0) is 19.3 Å². The highest BCUT2D eigenvalue weighted by Gasteiger charge is 2.25. The van der Waals surface area contributed by atoms with Gasteiger partial charge in [-0.1, -0.05) is 30.7 Å². The van der Waals surface area contributed by atoms with E-state index in [9.17, 15) is 0 Å². The zero-order chi connectivity index (χ0) is 14.1. The molecule has 3 nitrogen and oxygen atoms in total. The Morgan fingerprint density at radius 2 is 1.95 bits per heavy atom. The molecule has 21 heavy (non-hydrogen) atoms. The monoisotopic (exact) mass is 279 g/mol. The Balaban J connectivity index is 1.49. The van der Waals surface area contributed by atoms with Crippen LogP contribution in [0.2, 0.25) is 0 Å². The van der Waals surface area contributed by atoms with Gasteiger partial charge >= 0.3 is 0 Å². The summed E-state index contributed by atoms with van der Waals surface area (Å²) in [5.74, 6) is 1.71. The molecule has 0 saturated heterocycles. The van der Waals surface area contributed by atoms with E-state index < -0.39 is 0 Å². The SMILES string of the molecule is c1ccc2c(c1)CC2CNc1ncnc2c1CCCCC2. The summed E-state index contributed by atoms with van der Waals surface area (Å²) in [4.78, 5) is 8.98. The molecule has 0 fully saturated rings. The Morgan fingerprint density at radius 3 is 2.90 bits per heavy atom. The molecule has 0 aliphatic heterocycles. The fourth-order valence-corrected chi connectivity index (χ4v) is 3.61. The summed E-state index contributed by atoms with van der Waals surface area (Å²) in [5.41, 5.74) is 5.64. The molecule has 2 aliphatic carbocycles. The highest BCUT2D eigenvalue weighted by molar-refractivity contribution is 5.48. The van der Waals surface area contributed by atoms with Crippen molar-refractivity contribution in [1.82, 2.24) is 9.97 Å². The van der Waals surface area contributed by atoms with Crippen LogP contribution in [0, 0.1) is 0 Å². The second kappa shape index (κ2) is 5.47. The van der Waals surface area contributed by atoms with Crippen LogP contribution in [0.5, 0.6) is 0 Å². The molecule has 0 radical (unpaired) electrons. The molecule has 0 spiro atoms. The standard InChI is InChI=1S/C18H21N3/c1-2-8-16-17(9-3-1)20-12-21-18(16)19-11-14-10-13-6-4-5-7-15(13)14/h4-7,12,14H,1-3,8-11H2,(H,19,20,21). The van der Waals surface area contributed by atoms with E-state index in [1.807, 2.05) is 0 Å². The average Bonchev–Trinajstić information content (AvgIpc) is 2.74. The lowest BCUT2D eigenvalue weighted by Gasteiger charge is -2.30. The number of aryl methyl sites for hydroxylation is 1. The quantitative estimate of drug-likeness (QED) is 0.874. The first-order valence-corrected chi connectivity index (χ1v) is 8.06. The molecule has 1 atom stereocenters. The maximum atomic E-state index is 4.50. The summed E-state index contributed by atoms with van der Waals surface area (Å²) in [7, 11) is 0. The molecule has 1 unspecified atom stereocenters. The summed E-state index contributed by atoms with van der Waals surface area (Å²) in [6.07, 6.45) is 8.99. The number of anilines is 1. The van der Waals surface area contributed by atoms with Crippen LogP contribution in [0.4, 0.5) is 5.82 Å². The number of fused-ring (bicyclic) bond motifs is 2. The van der Waals surface area contributed by atoms with Crippen LogP contribution in [0.3, 0.4) is 0 Å². The lowest BCUT2D eigenvalue weighted by atomic mass is 9.77. The van der Waals surface area contributed by atoms with Crippen LogP contribution in [0.15, 0.2) is 30.6 Å². The van der Waals surface area contributed by atoms with Crippen LogP contribution in [0.25, 0.3) is 0 Å². The van der Waals surface area contributed by atoms with Gasteiger partial charge in [-0.15, -0.1) is 0 Å². The van der Waals surface area contributed by atoms with Crippen molar-refractivity contribution in [3.05, 3.63) is 53.0 Å². The van der Waals surface area contributed by atoms with Crippen molar-refractivity contribution in [2.75, 3.05) is 11.9 Å². The Bertz CT molecular complexity index is 651. The number of benzene rings is 1. The van der Waals surface area contributed by atoms with Crippen molar-refractivity contribution in [3.63, 3.8) is 0 Å². The first-order valence-electron chi connectivity index (χ1n) is 8.06. The van der Waals surface area contributed by atoms with Crippen molar-refractivity contribution in [2.24, 2.45) is 0 Å². The van der Waals surface area contributed by atoms with Gasteiger partial charge in [0.15, 0.2) is 0 Å². The molecule has 108 valence electrons. The number of rotatable bonds is 3. The number of aromatic nitrogens is 2. The van der Waals surface area contributed by atoms with Gasteiger partial charge in [0.2, 0.25) is 0 Å². The topological polar surface area (TPSA) is 37.8 Å². The van der Waals surface area contributed by atoms with Gasteiger partial charge in [0, 0.05) is 23.7 Å². The van der Waals surface area contributed by atoms with Gasteiger partial charge < -0.3 is 5.32 Å². The second-order valence-electron chi connectivity index (χ2n) is 6.19. The van der Waals surface area contributed by atoms with E-state index >= 15 is 0 Å². The molecular weight excluding hydrogens is 258 g/mol. The van der Waals surface area contributed by atoms with Crippen LogP contribution in [-0.4, -0.2) is 16.5 Å². The maximum absolute atomic E-state index is 4.50. The molecule has 1 N–H and O–H groups in total. The van der Waals surface area contributed by atoms with Gasteiger partial charge in [0.25, 0.3) is 0 Å². The zero-order valence-electron chi connectivity index (χ0n) is 12.3. The van der Waals surface area contributed by atoms with Crippen molar-refractivity contribution in [1.29, 1.82) is 0 Å². The fraction of sp³-hybridized carbons (Fsp3) is 0.444. The Labute approximate surface area is 125 Å². The summed E-state index contributed by atoms with van der Waals surface area (Å²) < 4.78 is 0. The number of nitrogens with zero attached hydrogens (tertiary/aromatic N) is 2. The van der Waals surface area contributed by atoms with E-state index in [2.05, 4.69) is 39.6 Å². The van der Waals surface area contributed by atoms with Gasteiger partial charge in [0.1, 0.15) is 12.1 Å². The minimum Gasteiger partial charge on any atom is -0.369 e. The third kappa shape index (κ3) is 2.41. The molecule has 2 aliphatic rings. The number of hydrogen-bond donors (Lipinski definition) is 1. The third-order valence-corrected chi connectivity index (χ3v) is 4.85. The van der Waals surface area contributed by atoms with Crippen LogP contribution >= 0.6 is 0 Å². The highest BCUT2D eigenvalue weighted by atomic mass is 15.0. The predicted molar refractivity (Wildman–Crippen MR) is 84.7 cm³/mol. The second-order valence-corrected chi connectivity index (χ2v) is 6.19. The Hall–Kier alpha value is -1.90. The summed E-state index contributed by atoms with van der Waals surface area (Å²) in [6.45, 7) is 0.987. The van der Waals surface area contributed by atoms with Gasteiger partial charge in [-0.25, -0.2) is 9.97 Å². The average molecular weight is 279 g/mol. The van der Waals surface area contributed by atoms with E-state index in [-0.39, 0.29) is 0 Å². The van der Waals surface area contributed by atoms with E-state index in [0.29, 0.717) is 5.92 Å². The molecule has 1 aromatic carbocycles. The van der Waals surface area contributed by atoms with Crippen LogP contribution < -0.4 is 5.32 Å². The fourth-order valence-electron chi connectivity index (χ4n) is 3.61. The van der Waals surface area contributed by atoms with Gasteiger partial charge in [-0.3, -0.25) is 0 Å².